The van der Waals surface area contributed by atoms with E-state index in [-0.39, 0.29) is 17.5 Å². The monoisotopic (exact) mass is 480 g/mol. The second-order valence-electron chi connectivity index (χ2n) is 8.16. The summed E-state index contributed by atoms with van der Waals surface area (Å²) in [4.78, 5) is 13.3. The number of benzene rings is 3. The van der Waals surface area contributed by atoms with Crippen molar-refractivity contribution < 1.29 is 17.9 Å². The molecule has 3 aromatic rings. The predicted molar refractivity (Wildman–Crippen MR) is 136 cm³/mol. The molecule has 0 aliphatic carbocycles. The van der Waals surface area contributed by atoms with Crippen molar-refractivity contribution in [3.63, 3.8) is 0 Å². The molecule has 0 spiro atoms. The van der Waals surface area contributed by atoms with Crippen molar-refractivity contribution in [3.05, 3.63) is 89.5 Å². The second-order valence-corrected chi connectivity index (χ2v) is 10.0. The number of anilines is 1. The minimum absolute atomic E-state index is 0.114. The van der Waals surface area contributed by atoms with Crippen LogP contribution in [0, 0.1) is 13.8 Å². The number of nitrogens with zero attached hydrogens (tertiary/aromatic N) is 1. The summed E-state index contributed by atoms with van der Waals surface area (Å²) in [6.45, 7) is 7.70. The lowest BCUT2D eigenvalue weighted by atomic mass is 10.0. The fourth-order valence-corrected chi connectivity index (χ4v) is 5.10. The molecular formula is C27H32N2O4S. The predicted octanol–water partition coefficient (Wildman–Crippen LogP) is 5.16. The normalized spacial score (nSPS) is 12.1. The number of amides is 1. The second kappa shape index (κ2) is 11.2. The molecule has 1 amide bonds. The highest BCUT2D eigenvalue weighted by atomic mass is 32.2. The molecule has 0 radical (unpaired) electrons. The first-order chi connectivity index (χ1) is 16.3. The lowest BCUT2D eigenvalue weighted by Crippen LogP contribution is -2.42. The van der Waals surface area contributed by atoms with Crippen LogP contribution in [0.15, 0.2) is 77.7 Å². The first-order valence-electron chi connectivity index (χ1n) is 11.4. The molecule has 0 saturated heterocycles. The Hall–Kier alpha value is -3.32. The van der Waals surface area contributed by atoms with Crippen molar-refractivity contribution >= 4 is 21.6 Å². The van der Waals surface area contributed by atoms with Crippen molar-refractivity contribution in [2.75, 3.05) is 17.5 Å². The zero-order valence-electron chi connectivity index (χ0n) is 20.1. The van der Waals surface area contributed by atoms with Gasteiger partial charge in [0.25, 0.3) is 10.0 Å². The molecule has 0 unspecified atom stereocenters. The lowest BCUT2D eigenvalue weighted by Gasteiger charge is -2.27. The van der Waals surface area contributed by atoms with E-state index >= 15 is 0 Å². The zero-order valence-corrected chi connectivity index (χ0v) is 20.9. The largest absolute Gasteiger partial charge is 0.492 e. The Bertz CT molecular complexity index is 1210. The van der Waals surface area contributed by atoms with E-state index < -0.39 is 15.9 Å². The first-order valence-corrected chi connectivity index (χ1v) is 12.9. The van der Waals surface area contributed by atoms with Crippen LogP contribution in [0.5, 0.6) is 5.75 Å². The van der Waals surface area contributed by atoms with Gasteiger partial charge in [0.2, 0.25) is 5.91 Å². The fraction of sp³-hybridized carbons (Fsp3) is 0.296. The Balaban J connectivity index is 1.96. The van der Waals surface area contributed by atoms with Crippen LogP contribution < -0.4 is 14.4 Å². The highest BCUT2D eigenvalue weighted by Gasteiger charge is 2.30. The van der Waals surface area contributed by atoms with Crippen LogP contribution in [0.25, 0.3) is 0 Å². The quantitative estimate of drug-likeness (QED) is 0.435. The van der Waals surface area contributed by atoms with Gasteiger partial charge in [0, 0.05) is 0 Å². The Morgan fingerprint density at radius 3 is 2.09 bits per heavy atom. The van der Waals surface area contributed by atoms with E-state index in [0.717, 1.165) is 21.0 Å². The molecule has 0 saturated carbocycles. The van der Waals surface area contributed by atoms with Gasteiger partial charge in [-0.3, -0.25) is 9.10 Å². The van der Waals surface area contributed by atoms with Crippen LogP contribution in [0.2, 0.25) is 0 Å². The van der Waals surface area contributed by atoms with Crippen molar-refractivity contribution in [2.24, 2.45) is 0 Å². The number of para-hydroxylation sites is 2. The molecule has 0 aromatic heterocycles. The smallest absolute Gasteiger partial charge is 0.264 e. The van der Waals surface area contributed by atoms with Crippen LogP contribution in [-0.4, -0.2) is 27.5 Å². The van der Waals surface area contributed by atoms with Crippen molar-refractivity contribution in [3.8, 4) is 5.75 Å². The van der Waals surface area contributed by atoms with Gasteiger partial charge in [-0.2, -0.15) is 0 Å². The van der Waals surface area contributed by atoms with E-state index in [1.165, 1.54) is 0 Å². The van der Waals surface area contributed by atoms with E-state index in [2.05, 4.69) is 5.32 Å². The van der Waals surface area contributed by atoms with Crippen molar-refractivity contribution in [1.82, 2.24) is 5.32 Å². The summed E-state index contributed by atoms with van der Waals surface area (Å²) in [5.74, 6) is 0.00785. The molecule has 0 aliphatic heterocycles. The maximum Gasteiger partial charge on any atom is 0.264 e. The average Bonchev–Trinajstić information content (AvgIpc) is 2.82. The number of hydrogen-bond acceptors (Lipinski definition) is 4. The van der Waals surface area contributed by atoms with Crippen LogP contribution in [0.1, 0.15) is 43.0 Å². The Morgan fingerprint density at radius 1 is 0.912 bits per heavy atom. The van der Waals surface area contributed by atoms with Gasteiger partial charge in [0.1, 0.15) is 12.3 Å². The molecule has 0 heterocycles. The standard InChI is InChI=1S/C27H32N2O4S/c1-5-24(22-15-11-20(3)12-16-22)28-27(30)19-29(25-9-7-8-10-26(25)33-6-2)34(31,32)23-17-13-21(4)14-18-23/h7-18,24H,5-6,19H2,1-4H3,(H,28,30)/t24-/m0/s1. The van der Waals surface area contributed by atoms with Crippen LogP contribution in [0.3, 0.4) is 0 Å². The molecule has 0 aliphatic rings. The first kappa shape index (κ1) is 25.3. The molecule has 1 N–H and O–H groups in total. The van der Waals surface area contributed by atoms with Crippen molar-refractivity contribution in [1.29, 1.82) is 0 Å². The van der Waals surface area contributed by atoms with E-state index in [0.29, 0.717) is 24.5 Å². The van der Waals surface area contributed by atoms with Crippen LogP contribution in [-0.2, 0) is 14.8 Å². The average molecular weight is 481 g/mol. The summed E-state index contributed by atoms with van der Waals surface area (Å²) >= 11 is 0. The summed E-state index contributed by atoms with van der Waals surface area (Å²) in [6, 6.07) is 21.2. The summed E-state index contributed by atoms with van der Waals surface area (Å²) in [5.41, 5.74) is 3.38. The third-order valence-electron chi connectivity index (χ3n) is 5.55. The van der Waals surface area contributed by atoms with E-state index in [9.17, 15) is 13.2 Å². The highest BCUT2D eigenvalue weighted by Crippen LogP contribution is 2.32. The van der Waals surface area contributed by atoms with Crippen LogP contribution >= 0.6 is 0 Å². The minimum atomic E-state index is -4.03. The number of nitrogens with one attached hydrogen (secondary N) is 1. The molecule has 3 rings (SSSR count). The van der Waals surface area contributed by atoms with Gasteiger partial charge in [0.15, 0.2) is 0 Å². The van der Waals surface area contributed by atoms with Gasteiger partial charge >= 0.3 is 0 Å². The van der Waals surface area contributed by atoms with Gasteiger partial charge in [-0.25, -0.2) is 8.42 Å². The summed E-state index contributed by atoms with van der Waals surface area (Å²) in [5, 5.41) is 3.00. The third kappa shape index (κ3) is 5.97. The van der Waals surface area contributed by atoms with Crippen molar-refractivity contribution in [2.45, 2.75) is 45.1 Å². The molecule has 34 heavy (non-hydrogen) atoms. The number of carbonyl (C=O) groups is 1. The molecule has 1 atom stereocenters. The summed E-state index contributed by atoms with van der Waals surface area (Å²) in [7, 11) is -4.03. The summed E-state index contributed by atoms with van der Waals surface area (Å²) in [6.07, 6.45) is 0.676. The number of rotatable bonds is 10. The van der Waals surface area contributed by atoms with Gasteiger partial charge in [-0.05, 0) is 57.0 Å². The van der Waals surface area contributed by atoms with E-state index in [1.54, 1.807) is 48.5 Å². The van der Waals surface area contributed by atoms with Gasteiger partial charge in [0.05, 0.1) is 23.2 Å². The Labute approximate surface area is 202 Å². The number of hydrogen-bond donors (Lipinski definition) is 1. The number of sulfonamides is 1. The molecular weight excluding hydrogens is 448 g/mol. The Morgan fingerprint density at radius 2 is 1.50 bits per heavy atom. The minimum Gasteiger partial charge on any atom is -0.492 e. The van der Waals surface area contributed by atoms with Gasteiger partial charge < -0.3 is 10.1 Å². The van der Waals surface area contributed by atoms with Gasteiger partial charge in [-0.1, -0.05) is 66.6 Å². The molecule has 180 valence electrons. The SMILES string of the molecule is CCOc1ccccc1N(CC(=O)N[C@@H](CC)c1ccc(C)cc1)S(=O)(=O)c1ccc(C)cc1. The Kier molecular flexibility index (Phi) is 8.34. The number of carbonyl (C=O) groups excluding carboxylic acids is 1. The van der Waals surface area contributed by atoms with Gasteiger partial charge in [-0.15, -0.1) is 0 Å². The molecule has 0 fully saturated rings. The zero-order chi connectivity index (χ0) is 24.7. The fourth-order valence-electron chi connectivity index (χ4n) is 3.67. The van der Waals surface area contributed by atoms with E-state index in [4.69, 9.17) is 4.74 Å². The molecule has 7 heteroatoms. The lowest BCUT2D eigenvalue weighted by molar-refractivity contribution is -0.120. The number of aryl methyl sites for hydroxylation is 2. The highest BCUT2D eigenvalue weighted by molar-refractivity contribution is 7.92. The topological polar surface area (TPSA) is 75.7 Å². The molecule has 3 aromatic carbocycles. The number of ether oxygens (including phenoxy) is 1. The maximum absolute atomic E-state index is 13.7. The third-order valence-corrected chi connectivity index (χ3v) is 7.33. The maximum atomic E-state index is 13.7. The molecule has 6 nitrogen and oxygen atoms in total. The summed E-state index contributed by atoms with van der Waals surface area (Å²) < 4.78 is 34.2. The molecule has 0 bridgehead atoms. The van der Waals surface area contributed by atoms with E-state index in [1.807, 2.05) is 52.0 Å². The van der Waals surface area contributed by atoms with Crippen LogP contribution in [0.4, 0.5) is 5.69 Å².